The lowest BCUT2D eigenvalue weighted by atomic mass is 10.2. The predicted molar refractivity (Wildman–Crippen MR) is 108 cm³/mol. The fourth-order valence-electron chi connectivity index (χ4n) is 2.82. The Labute approximate surface area is 167 Å². The Morgan fingerprint density at radius 2 is 1.62 bits per heavy atom. The lowest BCUT2D eigenvalue weighted by Crippen LogP contribution is -2.20. The molecule has 4 rings (SSSR count). The number of aliphatic hydroxyl groups excluding tert-OH is 1. The number of sulfonamides is 1. The zero-order valence-electron chi connectivity index (χ0n) is 15.6. The number of rotatable bonds is 6. The zero-order chi connectivity index (χ0) is 20.4. The lowest BCUT2D eigenvalue weighted by molar-refractivity contribution is 0.172. The highest BCUT2D eigenvalue weighted by atomic mass is 32.2. The van der Waals surface area contributed by atoms with Gasteiger partial charge in [0.1, 0.15) is 13.2 Å². The van der Waals surface area contributed by atoms with Gasteiger partial charge in [0.2, 0.25) is 0 Å². The van der Waals surface area contributed by atoms with E-state index in [9.17, 15) is 13.5 Å². The number of nitrogens with zero attached hydrogens (tertiary/aromatic N) is 2. The van der Waals surface area contributed by atoms with Crippen molar-refractivity contribution < 1.29 is 23.0 Å². The maximum absolute atomic E-state index is 12.8. The van der Waals surface area contributed by atoms with Crippen LogP contribution in [0, 0.1) is 0 Å². The Balaban J connectivity index is 1.78. The van der Waals surface area contributed by atoms with Gasteiger partial charge in [-0.1, -0.05) is 18.2 Å². The van der Waals surface area contributed by atoms with E-state index < -0.39 is 16.1 Å². The van der Waals surface area contributed by atoms with Gasteiger partial charge < -0.3 is 19.9 Å². The molecule has 3 aromatic rings. The van der Waals surface area contributed by atoms with Crippen LogP contribution < -0.4 is 19.5 Å². The van der Waals surface area contributed by atoms with Gasteiger partial charge in [-0.15, -0.1) is 0 Å². The van der Waals surface area contributed by atoms with Crippen molar-refractivity contribution in [3.8, 4) is 11.5 Å². The molecule has 10 heteroatoms. The number of benzene rings is 2. The molecule has 0 saturated carbocycles. The summed E-state index contributed by atoms with van der Waals surface area (Å²) in [7, 11) is -3.87. The first kappa shape index (κ1) is 19.2. The van der Waals surface area contributed by atoms with Gasteiger partial charge in [0, 0.05) is 18.7 Å². The van der Waals surface area contributed by atoms with Gasteiger partial charge in [0.05, 0.1) is 22.0 Å². The van der Waals surface area contributed by atoms with E-state index in [2.05, 4.69) is 20.0 Å². The molecule has 0 unspecified atom stereocenters. The average molecular weight is 416 g/mol. The molecular formula is C19H20N4O5S. The number of hydrogen-bond donors (Lipinski definition) is 3. The molecule has 2 heterocycles. The fraction of sp³-hybridized carbons (Fsp3) is 0.263. The molecule has 0 fully saturated rings. The summed E-state index contributed by atoms with van der Waals surface area (Å²) >= 11 is 0. The van der Waals surface area contributed by atoms with Crippen molar-refractivity contribution in [2.75, 3.05) is 29.8 Å². The van der Waals surface area contributed by atoms with E-state index in [4.69, 9.17) is 9.47 Å². The van der Waals surface area contributed by atoms with Gasteiger partial charge >= 0.3 is 0 Å². The largest absolute Gasteiger partial charge is 0.486 e. The van der Waals surface area contributed by atoms with Crippen LogP contribution in [0.2, 0.25) is 0 Å². The fourth-order valence-corrected chi connectivity index (χ4v) is 3.85. The number of aliphatic hydroxyl groups is 1. The molecule has 1 aliphatic heterocycles. The van der Waals surface area contributed by atoms with Crippen molar-refractivity contribution >= 4 is 32.7 Å². The van der Waals surface area contributed by atoms with E-state index >= 15 is 0 Å². The summed E-state index contributed by atoms with van der Waals surface area (Å²) in [5.41, 5.74) is 0.951. The molecule has 1 aromatic heterocycles. The second-order valence-electron chi connectivity index (χ2n) is 6.55. The maximum Gasteiger partial charge on any atom is 0.263 e. The molecule has 3 N–H and O–H groups in total. The molecule has 0 radical (unpaired) electrons. The van der Waals surface area contributed by atoms with Gasteiger partial charge in [0.15, 0.2) is 23.1 Å². The SMILES string of the molecule is C[C@H](O)CNc1nc2cc3c(cc2nc1NS(=O)(=O)c1ccccc1)OCCO3. The second-order valence-corrected chi connectivity index (χ2v) is 8.24. The smallest absolute Gasteiger partial charge is 0.263 e. The van der Waals surface area contributed by atoms with E-state index in [1.165, 1.54) is 12.1 Å². The minimum atomic E-state index is -3.87. The number of hydrogen-bond acceptors (Lipinski definition) is 8. The van der Waals surface area contributed by atoms with Gasteiger partial charge in [0.25, 0.3) is 10.0 Å². The van der Waals surface area contributed by atoms with E-state index in [1.54, 1.807) is 37.3 Å². The maximum atomic E-state index is 12.8. The van der Waals surface area contributed by atoms with Crippen molar-refractivity contribution in [2.45, 2.75) is 17.9 Å². The summed E-state index contributed by atoms with van der Waals surface area (Å²) in [6, 6.07) is 11.3. The Morgan fingerprint density at radius 3 is 2.21 bits per heavy atom. The van der Waals surface area contributed by atoms with Gasteiger partial charge in [-0.3, -0.25) is 4.72 Å². The highest BCUT2D eigenvalue weighted by Gasteiger charge is 2.20. The van der Waals surface area contributed by atoms with E-state index in [1.807, 2.05) is 0 Å². The van der Waals surface area contributed by atoms with Crippen molar-refractivity contribution in [1.29, 1.82) is 0 Å². The summed E-state index contributed by atoms with van der Waals surface area (Å²) in [5, 5.41) is 12.5. The number of aromatic nitrogens is 2. The lowest BCUT2D eigenvalue weighted by Gasteiger charge is -2.19. The molecule has 152 valence electrons. The van der Waals surface area contributed by atoms with E-state index in [0.29, 0.717) is 35.7 Å². The third kappa shape index (κ3) is 4.17. The molecule has 9 nitrogen and oxygen atoms in total. The average Bonchev–Trinajstić information content (AvgIpc) is 2.71. The quantitative estimate of drug-likeness (QED) is 0.558. The molecule has 2 aromatic carbocycles. The summed E-state index contributed by atoms with van der Waals surface area (Å²) < 4.78 is 39.1. The number of fused-ring (bicyclic) bond motifs is 2. The highest BCUT2D eigenvalue weighted by molar-refractivity contribution is 7.92. The third-order valence-electron chi connectivity index (χ3n) is 4.18. The van der Waals surface area contributed by atoms with Crippen LogP contribution in [0.4, 0.5) is 11.6 Å². The van der Waals surface area contributed by atoms with Crippen molar-refractivity contribution in [3.05, 3.63) is 42.5 Å². The van der Waals surface area contributed by atoms with Crippen LogP contribution in [0.5, 0.6) is 11.5 Å². The van der Waals surface area contributed by atoms with Crippen LogP contribution in [0.25, 0.3) is 11.0 Å². The zero-order valence-corrected chi connectivity index (χ0v) is 16.4. The van der Waals surface area contributed by atoms with Gasteiger partial charge in [-0.05, 0) is 19.1 Å². The van der Waals surface area contributed by atoms with Gasteiger partial charge in [-0.25, -0.2) is 18.4 Å². The molecule has 1 atom stereocenters. The molecule has 1 aliphatic rings. The Hall–Kier alpha value is -3.11. The Bertz CT molecular complexity index is 1140. The van der Waals surface area contributed by atoms with Crippen molar-refractivity contribution in [1.82, 2.24) is 9.97 Å². The van der Waals surface area contributed by atoms with E-state index in [-0.39, 0.29) is 23.1 Å². The number of anilines is 2. The summed E-state index contributed by atoms with van der Waals surface area (Å²) in [5.74, 6) is 1.31. The Kier molecular flexibility index (Phi) is 5.12. The molecule has 0 amide bonds. The molecular weight excluding hydrogens is 396 g/mol. The van der Waals surface area contributed by atoms with Crippen LogP contribution in [-0.2, 0) is 10.0 Å². The van der Waals surface area contributed by atoms with Gasteiger partial charge in [-0.2, -0.15) is 0 Å². The first-order valence-electron chi connectivity index (χ1n) is 9.03. The van der Waals surface area contributed by atoms with Crippen molar-refractivity contribution in [2.24, 2.45) is 0 Å². The standard InChI is InChI=1S/C19H20N4O5S/c1-12(24)11-20-18-19(23-29(25,26)13-5-3-2-4-6-13)22-15-10-17-16(9-14(15)21-18)27-7-8-28-17/h2-6,9-10,12,24H,7-8,11H2,1H3,(H,20,21)(H,22,23)/t12-/m0/s1. The summed E-state index contributed by atoms with van der Waals surface area (Å²) in [6.07, 6.45) is -0.661. The van der Waals surface area contributed by atoms with Crippen LogP contribution >= 0.6 is 0 Å². The third-order valence-corrected chi connectivity index (χ3v) is 5.53. The Morgan fingerprint density at radius 1 is 1.03 bits per heavy atom. The van der Waals surface area contributed by atoms with Crippen LogP contribution in [0.3, 0.4) is 0 Å². The minimum absolute atomic E-state index is 0.0266. The topological polar surface area (TPSA) is 123 Å². The summed E-state index contributed by atoms with van der Waals surface area (Å²) in [4.78, 5) is 9.03. The second kappa shape index (κ2) is 7.72. The van der Waals surface area contributed by atoms with E-state index in [0.717, 1.165) is 0 Å². The molecule has 29 heavy (non-hydrogen) atoms. The number of ether oxygens (including phenoxy) is 2. The molecule has 0 spiro atoms. The van der Waals surface area contributed by atoms with Crippen LogP contribution in [0.15, 0.2) is 47.4 Å². The predicted octanol–water partition coefficient (Wildman–Crippen LogP) is 1.99. The first-order valence-corrected chi connectivity index (χ1v) is 10.5. The molecule has 0 aliphatic carbocycles. The minimum Gasteiger partial charge on any atom is -0.486 e. The number of nitrogens with one attached hydrogen (secondary N) is 2. The highest BCUT2D eigenvalue weighted by Crippen LogP contribution is 2.35. The van der Waals surface area contributed by atoms with Crippen LogP contribution in [-0.4, -0.2) is 49.4 Å². The monoisotopic (exact) mass is 416 g/mol. The first-order chi connectivity index (χ1) is 13.9. The van der Waals surface area contributed by atoms with Crippen molar-refractivity contribution in [3.63, 3.8) is 0 Å². The van der Waals surface area contributed by atoms with Crippen LogP contribution in [0.1, 0.15) is 6.92 Å². The molecule has 0 bridgehead atoms. The summed E-state index contributed by atoms with van der Waals surface area (Å²) in [6.45, 7) is 2.64. The molecule has 0 saturated heterocycles. The normalized spacial score (nSPS) is 14.4.